The topological polar surface area (TPSA) is 21.3 Å². The molecule has 0 spiro atoms. The van der Waals surface area contributed by atoms with Gasteiger partial charge in [-0.25, -0.2) is 4.39 Å². The molecular formula is C16H14Cl2FNO. The minimum Gasteiger partial charge on any atom is -0.484 e. The summed E-state index contributed by atoms with van der Waals surface area (Å²) in [7, 11) is 0. The van der Waals surface area contributed by atoms with E-state index in [2.05, 4.69) is 5.32 Å². The minimum absolute atomic E-state index is 0.113. The van der Waals surface area contributed by atoms with Crippen molar-refractivity contribution in [2.75, 3.05) is 13.1 Å². The van der Waals surface area contributed by atoms with E-state index in [4.69, 9.17) is 27.9 Å². The Morgan fingerprint density at radius 3 is 2.48 bits per heavy atom. The Balaban J connectivity index is 1.90. The predicted octanol–water partition coefficient (Wildman–Crippen LogP) is 4.47. The van der Waals surface area contributed by atoms with Gasteiger partial charge in [0.25, 0.3) is 0 Å². The van der Waals surface area contributed by atoms with Gasteiger partial charge >= 0.3 is 0 Å². The number of hydrogen-bond acceptors (Lipinski definition) is 2. The van der Waals surface area contributed by atoms with Crippen molar-refractivity contribution >= 4 is 23.2 Å². The third kappa shape index (κ3) is 3.15. The summed E-state index contributed by atoms with van der Waals surface area (Å²) in [5, 5.41) is 3.86. The summed E-state index contributed by atoms with van der Waals surface area (Å²) in [4.78, 5) is 0. The molecule has 0 amide bonds. The molecule has 0 bridgehead atoms. The van der Waals surface area contributed by atoms with E-state index >= 15 is 0 Å². The summed E-state index contributed by atoms with van der Waals surface area (Å²) in [6.45, 7) is 1.67. The summed E-state index contributed by atoms with van der Waals surface area (Å²) in [6, 6.07) is 12.1. The average Bonchev–Trinajstić information content (AvgIpc) is 2.41. The summed E-state index contributed by atoms with van der Waals surface area (Å²) in [5.74, 6) is 0.447. The van der Waals surface area contributed by atoms with Crippen molar-refractivity contribution in [2.24, 2.45) is 5.92 Å². The van der Waals surface area contributed by atoms with E-state index in [9.17, 15) is 4.39 Å². The van der Waals surface area contributed by atoms with Gasteiger partial charge in [-0.05, 0) is 29.8 Å². The number of benzene rings is 2. The molecule has 0 saturated carbocycles. The Morgan fingerprint density at radius 1 is 1.10 bits per heavy atom. The molecule has 1 fully saturated rings. The lowest BCUT2D eigenvalue weighted by atomic mass is 9.90. The van der Waals surface area contributed by atoms with Crippen LogP contribution < -0.4 is 10.1 Å². The molecule has 2 aromatic rings. The summed E-state index contributed by atoms with van der Waals surface area (Å²) >= 11 is 11.9. The van der Waals surface area contributed by atoms with E-state index in [1.165, 1.54) is 6.07 Å². The van der Waals surface area contributed by atoms with Crippen molar-refractivity contribution in [3.05, 3.63) is 63.9 Å². The van der Waals surface area contributed by atoms with Crippen molar-refractivity contribution in [3.63, 3.8) is 0 Å². The van der Waals surface area contributed by atoms with Crippen molar-refractivity contribution in [3.8, 4) is 5.75 Å². The smallest absolute Gasteiger partial charge is 0.142 e. The third-order valence-electron chi connectivity index (χ3n) is 3.60. The van der Waals surface area contributed by atoms with Gasteiger partial charge in [0.05, 0.1) is 10.0 Å². The minimum atomic E-state index is -0.436. The van der Waals surface area contributed by atoms with Gasteiger partial charge in [-0.1, -0.05) is 41.4 Å². The van der Waals surface area contributed by atoms with E-state index in [-0.39, 0.29) is 17.0 Å². The fourth-order valence-corrected chi connectivity index (χ4v) is 2.63. The Labute approximate surface area is 132 Å². The maximum absolute atomic E-state index is 13.7. The lowest BCUT2D eigenvalue weighted by Crippen LogP contribution is -2.46. The lowest BCUT2D eigenvalue weighted by molar-refractivity contribution is 0.0991. The first-order chi connectivity index (χ1) is 10.1. The van der Waals surface area contributed by atoms with Gasteiger partial charge < -0.3 is 10.1 Å². The summed E-state index contributed by atoms with van der Waals surface area (Å²) in [5.41, 5.74) is 0.767. The Bertz CT molecular complexity index is 646. The number of hydrogen-bond donors (Lipinski definition) is 1. The highest BCUT2D eigenvalue weighted by Crippen LogP contribution is 2.35. The predicted molar refractivity (Wildman–Crippen MR) is 82.6 cm³/mol. The molecule has 0 aliphatic carbocycles. The molecule has 21 heavy (non-hydrogen) atoms. The molecular weight excluding hydrogens is 312 g/mol. The van der Waals surface area contributed by atoms with E-state index in [1.807, 2.05) is 18.2 Å². The SMILES string of the molecule is Fc1cc(C(Oc2ccccc2Cl)C2CNC2)ccc1Cl. The number of nitrogens with one attached hydrogen (secondary N) is 1. The van der Waals surface area contributed by atoms with Crippen LogP contribution >= 0.6 is 23.2 Å². The van der Waals surface area contributed by atoms with Crippen LogP contribution in [0.4, 0.5) is 4.39 Å². The molecule has 1 aliphatic rings. The molecule has 0 aromatic heterocycles. The normalized spacial score (nSPS) is 16.3. The highest BCUT2D eigenvalue weighted by molar-refractivity contribution is 6.32. The molecule has 1 N–H and O–H groups in total. The van der Waals surface area contributed by atoms with Crippen molar-refractivity contribution < 1.29 is 9.13 Å². The van der Waals surface area contributed by atoms with Gasteiger partial charge in [-0.15, -0.1) is 0 Å². The largest absolute Gasteiger partial charge is 0.484 e. The monoisotopic (exact) mass is 325 g/mol. The van der Waals surface area contributed by atoms with Gasteiger partial charge in [0.2, 0.25) is 0 Å². The van der Waals surface area contributed by atoms with Crippen molar-refractivity contribution in [2.45, 2.75) is 6.10 Å². The fourth-order valence-electron chi connectivity index (χ4n) is 2.33. The zero-order chi connectivity index (χ0) is 14.8. The zero-order valence-corrected chi connectivity index (χ0v) is 12.7. The van der Waals surface area contributed by atoms with E-state index in [1.54, 1.807) is 18.2 Å². The van der Waals surface area contributed by atoms with Crippen LogP contribution in [0.1, 0.15) is 11.7 Å². The Hall–Kier alpha value is -1.29. The van der Waals surface area contributed by atoms with Crippen LogP contribution in [0, 0.1) is 11.7 Å². The van der Waals surface area contributed by atoms with Gasteiger partial charge in [-0.2, -0.15) is 0 Å². The molecule has 0 radical (unpaired) electrons. The van der Waals surface area contributed by atoms with Crippen LogP contribution in [-0.4, -0.2) is 13.1 Å². The number of para-hydroxylation sites is 1. The Kier molecular flexibility index (Phi) is 4.34. The number of ether oxygens (including phenoxy) is 1. The first kappa shape index (κ1) is 14.6. The van der Waals surface area contributed by atoms with Gasteiger partial charge in [-0.3, -0.25) is 0 Å². The second-order valence-corrected chi connectivity index (χ2v) is 5.88. The quantitative estimate of drug-likeness (QED) is 0.895. The molecule has 110 valence electrons. The van der Waals surface area contributed by atoms with Crippen LogP contribution in [-0.2, 0) is 0 Å². The molecule has 3 rings (SSSR count). The molecule has 1 aliphatic heterocycles. The van der Waals surface area contributed by atoms with Gasteiger partial charge in [0.15, 0.2) is 0 Å². The molecule has 1 heterocycles. The van der Waals surface area contributed by atoms with Crippen LogP contribution in [0.5, 0.6) is 5.75 Å². The maximum atomic E-state index is 13.7. The Morgan fingerprint density at radius 2 is 1.86 bits per heavy atom. The van der Waals surface area contributed by atoms with E-state index in [0.29, 0.717) is 10.8 Å². The lowest BCUT2D eigenvalue weighted by Gasteiger charge is -2.35. The van der Waals surface area contributed by atoms with Gasteiger partial charge in [0.1, 0.15) is 17.7 Å². The van der Waals surface area contributed by atoms with Crippen LogP contribution in [0.25, 0.3) is 0 Å². The van der Waals surface area contributed by atoms with Crippen LogP contribution in [0.2, 0.25) is 10.0 Å². The highest BCUT2D eigenvalue weighted by Gasteiger charge is 2.31. The van der Waals surface area contributed by atoms with Crippen molar-refractivity contribution in [1.29, 1.82) is 0 Å². The maximum Gasteiger partial charge on any atom is 0.142 e. The van der Waals surface area contributed by atoms with E-state index in [0.717, 1.165) is 18.7 Å². The van der Waals surface area contributed by atoms with Crippen LogP contribution in [0.15, 0.2) is 42.5 Å². The summed E-state index contributed by atoms with van der Waals surface area (Å²) in [6.07, 6.45) is -0.252. The molecule has 1 atom stereocenters. The fraction of sp³-hybridized carbons (Fsp3) is 0.250. The first-order valence-corrected chi connectivity index (χ1v) is 7.47. The third-order valence-corrected chi connectivity index (χ3v) is 4.22. The summed E-state index contributed by atoms with van der Waals surface area (Å²) < 4.78 is 19.8. The van der Waals surface area contributed by atoms with Crippen LogP contribution in [0.3, 0.4) is 0 Å². The van der Waals surface area contributed by atoms with Crippen molar-refractivity contribution in [1.82, 2.24) is 5.32 Å². The average molecular weight is 326 g/mol. The number of rotatable bonds is 4. The zero-order valence-electron chi connectivity index (χ0n) is 11.2. The number of halogens is 3. The molecule has 2 nitrogen and oxygen atoms in total. The second kappa shape index (κ2) is 6.22. The molecule has 2 aromatic carbocycles. The molecule has 1 saturated heterocycles. The molecule has 1 unspecified atom stereocenters. The first-order valence-electron chi connectivity index (χ1n) is 6.72. The van der Waals surface area contributed by atoms with E-state index < -0.39 is 5.82 Å². The molecule has 5 heteroatoms. The standard InChI is InChI=1S/C16H14Cl2FNO/c17-12-6-5-10(7-14(12)19)16(11-8-20-9-11)21-15-4-2-1-3-13(15)18/h1-7,11,16,20H,8-9H2. The highest BCUT2D eigenvalue weighted by atomic mass is 35.5. The second-order valence-electron chi connectivity index (χ2n) is 5.06. The van der Waals surface area contributed by atoms with Gasteiger partial charge in [0, 0.05) is 19.0 Å².